The minimum absolute atomic E-state index is 0.256. The average Bonchev–Trinajstić information content (AvgIpc) is 2.80. The molecule has 1 saturated heterocycles. The van der Waals surface area contributed by atoms with Crippen molar-refractivity contribution in [3.63, 3.8) is 0 Å². The molecule has 1 aliphatic heterocycles. The molecule has 0 amide bonds. The van der Waals surface area contributed by atoms with Crippen LogP contribution in [-0.2, 0) is 13.0 Å². The Bertz CT molecular complexity index is 352. The first kappa shape index (κ1) is 13.5. The molecule has 0 unspecified atom stereocenters. The standard InChI is InChI=1S/C13H23N3O2/c1-2-5-12-14-13(18-15-12)10-16-8-4-3-6-11(16)7-9-17/h11,17H,2-10H2,1H3/t11-/m1/s1. The summed E-state index contributed by atoms with van der Waals surface area (Å²) in [4.78, 5) is 6.77. The molecule has 0 saturated carbocycles. The molecule has 1 aromatic heterocycles. The van der Waals surface area contributed by atoms with E-state index in [4.69, 9.17) is 9.63 Å². The summed E-state index contributed by atoms with van der Waals surface area (Å²) in [7, 11) is 0. The van der Waals surface area contributed by atoms with Gasteiger partial charge in [0.05, 0.1) is 6.54 Å². The molecule has 5 nitrogen and oxygen atoms in total. The van der Waals surface area contributed by atoms with Crippen LogP contribution in [0.3, 0.4) is 0 Å². The van der Waals surface area contributed by atoms with Crippen molar-refractivity contribution in [3.8, 4) is 0 Å². The van der Waals surface area contributed by atoms with E-state index in [1.807, 2.05) is 0 Å². The summed E-state index contributed by atoms with van der Waals surface area (Å²) >= 11 is 0. The predicted molar refractivity (Wildman–Crippen MR) is 68.0 cm³/mol. The smallest absolute Gasteiger partial charge is 0.240 e. The number of nitrogens with zero attached hydrogens (tertiary/aromatic N) is 3. The van der Waals surface area contributed by atoms with Crippen molar-refractivity contribution >= 4 is 0 Å². The van der Waals surface area contributed by atoms with Gasteiger partial charge in [-0.2, -0.15) is 4.98 Å². The molecule has 2 rings (SSSR count). The zero-order valence-electron chi connectivity index (χ0n) is 11.1. The Labute approximate surface area is 108 Å². The summed E-state index contributed by atoms with van der Waals surface area (Å²) in [5.41, 5.74) is 0. The Morgan fingerprint density at radius 3 is 3.11 bits per heavy atom. The van der Waals surface area contributed by atoms with Gasteiger partial charge in [-0.25, -0.2) is 0 Å². The lowest BCUT2D eigenvalue weighted by atomic mass is 10.00. The summed E-state index contributed by atoms with van der Waals surface area (Å²) in [5, 5.41) is 13.1. The van der Waals surface area contributed by atoms with Crippen molar-refractivity contribution in [2.45, 2.75) is 58.0 Å². The van der Waals surface area contributed by atoms with Crippen LogP contribution in [0, 0.1) is 0 Å². The summed E-state index contributed by atoms with van der Waals surface area (Å²) < 4.78 is 5.28. The first-order chi connectivity index (χ1) is 8.83. The van der Waals surface area contributed by atoms with Gasteiger partial charge in [-0.15, -0.1) is 0 Å². The fourth-order valence-corrected chi connectivity index (χ4v) is 2.60. The van der Waals surface area contributed by atoms with Gasteiger partial charge in [0.15, 0.2) is 5.82 Å². The van der Waals surface area contributed by atoms with E-state index >= 15 is 0 Å². The maximum absolute atomic E-state index is 9.10. The molecule has 2 heterocycles. The van der Waals surface area contributed by atoms with Crippen molar-refractivity contribution in [1.82, 2.24) is 15.0 Å². The second-order valence-electron chi connectivity index (χ2n) is 4.99. The molecule has 1 aliphatic rings. The van der Waals surface area contributed by atoms with Crippen molar-refractivity contribution in [2.24, 2.45) is 0 Å². The quantitative estimate of drug-likeness (QED) is 0.837. The fraction of sp³-hybridized carbons (Fsp3) is 0.846. The van der Waals surface area contributed by atoms with Gasteiger partial charge in [0, 0.05) is 19.1 Å². The molecular formula is C13H23N3O2. The Morgan fingerprint density at radius 2 is 2.33 bits per heavy atom. The van der Waals surface area contributed by atoms with Gasteiger partial charge in [0.25, 0.3) is 0 Å². The lowest BCUT2D eigenvalue weighted by Crippen LogP contribution is -2.39. The van der Waals surface area contributed by atoms with Crippen LogP contribution in [0.15, 0.2) is 4.52 Å². The number of piperidine rings is 1. The van der Waals surface area contributed by atoms with E-state index in [-0.39, 0.29) is 6.61 Å². The molecule has 1 N–H and O–H groups in total. The Kier molecular flexibility index (Phi) is 5.13. The molecule has 5 heteroatoms. The molecule has 0 bridgehead atoms. The number of aliphatic hydroxyl groups excluding tert-OH is 1. The van der Waals surface area contributed by atoms with E-state index in [2.05, 4.69) is 22.0 Å². The van der Waals surface area contributed by atoms with Gasteiger partial charge in [-0.05, 0) is 32.2 Å². The van der Waals surface area contributed by atoms with Crippen LogP contribution in [0.2, 0.25) is 0 Å². The van der Waals surface area contributed by atoms with Crippen LogP contribution in [0.1, 0.15) is 50.7 Å². The molecule has 0 radical (unpaired) electrons. The number of aliphatic hydroxyl groups is 1. The first-order valence-corrected chi connectivity index (χ1v) is 7.00. The van der Waals surface area contributed by atoms with E-state index in [1.54, 1.807) is 0 Å². The summed E-state index contributed by atoms with van der Waals surface area (Å²) in [6.07, 6.45) is 6.40. The third-order valence-electron chi connectivity index (χ3n) is 3.53. The Morgan fingerprint density at radius 1 is 1.44 bits per heavy atom. The van der Waals surface area contributed by atoms with Crippen molar-refractivity contribution in [1.29, 1.82) is 0 Å². The molecule has 18 heavy (non-hydrogen) atoms. The highest BCUT2D eigenvalue weighted by molar-refractivity contribution is 4.88. The molecule has 102 valence electrons. The number of likely N-dealkylation sites (tertiary alicyclic amines) is 1. The lowest BCUT2D eigenvalue weighted by Gasteiger charge is -2.34. The average molecular weight is 253 g/mol. The molecule has 1 atom stereocenters. The van der Waals surface area contributed by atoms with E-state index in [1.165, 1.54) is 12.8 Å². The van der Waals surface area contributed by atoms with Gasteiger partial charge in [0.2, 0.25) is 5.89 Å². The van der Waals surface area contributed by atoms with Crippen LogP contribution in [0.4, 0.5) is 0 Å². The van der Waals surface area contributed by atoms with Gasteiger partial charge in [0.1, 0.15) is 0 Å². The summed E-state index contributed by atoms with van der Waals surface area (Å²) in [6.45, 7) is 4.15. The normalized spacial score (nSPS) is 21.3. The number of hydrogen-bond donors (Lipinski definition) is 1. The van der Waals surface area contributed by atoms with E-state index in [0.717, 1.165) is 44.6 Å². The van der Waals surface area contributed by atoms with Crippen molar-refractivity contribution in [3.05, 3.63) is 11.7 Å². The molecule has 0 aliphatic carbocycles. The van der Waals surface area contributed by atoms with Gasteiger partial charge < -0.3 is 9.63 Å². The number of aryl methyl sites for hydroxylation is 1. The van der Waals surface area contributed by atoms with Crippen LogP contribution in [0.5, 0.6) is 0 Å². The molecule has 1 fully saturated rings. The van der Waals surface area contributed by atoms with E-state index in [9.17, 15) is 0 Å². The maximum Gasteiger partial charge on any atom is 0.240 e. The first-order valence-electron chi connectivity index (χ1n) is 7.00. The Balaban J connectivity index is 1.92. The van der Waals surface area contributed by atoms with Crippen LogP contribution >= 0.6 is 0 Å². The highest BCUT2D eigenvalue weighted by Crippen LogP contribution is 2.21. The minimum atomic E-state index is 0.256. The lowest BCUT2D eigenvalue weighted by molar-refractivity contribution is 0.100. The van der Waals surface area contributed by atoms with Crippen molar-refractivity contribution in [2.75, 3.05) is 13.2 Å². The molecule has 1 aromatic rings. The molecule has 0 aromatic carbocycles. The van der Waals surface area contributed by atoms with Gasteiger partial charge in [-0.1, -0.05) is 18.5 Å². The topological polar surface area (TPSA) is 62.4 Å². The third-order valence-corrected chi connectivity index (χ3v) is 3.53. The maximum atomic E-state index is 9.10. The van der Waals surface area contributed by atoms with Gasteiger partial charge in [-0.3, -0.25) is 4.90 Å². The summed E-state index contributed by atoms with van der Waals surface area (Å²) in [5.74, 6) is 1.52. The van der Waals surface area contributed by atoms with Crippen LogP contribution in [-0.4, -0.2) is 39.3 Å². The molecule has 0 spiro atoms. The zero-order chi connectivity index (χ0) is 12.8. The third kappa shape index (κ3) is 3.53. The van der Waals surface area contributed by atoms with E-state index in [0.29, 0.717) is 11.9 Å². The number of aromatic nitrogens is 2. The Hall–Kier alpha value is -0.940. The monoisotopic (exact) mass is 253 g/mol. The highest BCUT2D eigenvalue weighted by Gasteiger charge is 2.23. The van der Waals surface area contributed by atoms with Crippen LogP contribution in [0.25, 0.3) is 0 Å². The SMILES string of the molecule is CCCc1noc(CN2CCCC[C@@H]2CCO)n1. The predicted octanol–water partition coefficient (Wildman–Crippen LogP) is 1.76. The minimum Gasteiger partial charge on any atom is -0.396 e. The largest absolute Gasteiger partial charge is 0.396 e. The number of rotatable bonds is 6. The molecular weight excluding hydrogens is 230 g/mol. The highest BCUT2D eigenvalue weighted by atomic mass is 16.5. The zero-order valence-corrected chi connectivity index (χ0v) is 11.1. The fourth-order valence-electron chi connectivity index (χ4n) is 2.60. The van der Waals surface area contributed by atoms with E-state index < -0.39 is 0 Å². The second kappa shape index (κ2) is 6.85. The van der Waals surface area contributed by atoms with Crippen molar-refractivity contribution < 1.29 is 9.63 Å². The summed E-state index contributed by atoms with van der Waals surface area (Å²) in [6, 6.07) is 0.463. The number of hydrogen-bond acceptors (Lipinski definition) is 5. The second-order valence-corrected chi connectivity index (χ2v) is 4.99. The van der Waals surface area contributed by atoms with Gasteiger partial charge >= 0.3 is 0 Å². The van der Waals surface area contributed by atoms with Crippen LogP contribution < -0.4 is 0 Å².